The van der Waals surface area contributed by atoms with Crippen molar-refractivity contribution in [1.29, 1.82) is 0 Å². The predicted molar refractivity (Wildman–Crippen MR) is 121 cm³/mol. The average Bonchev–Trinajstić information content (AvgIpc) is 2.62. The van der Waals surface area contributed by atoms with E-state index in [2.05, 4.69) is 23.8 Å². The van der Waals surface area contributed by atoms with Crippen molar-refractivity contribution in [1.82, 2.24) is 16.1 Å². The summed E-state index contributed by atoms with van der Waals surface area (Å²) in [6.07, 6.45) is 3.38. The van der Waals surface area contributed by atoms with E-state index in [4.69, 9.17) is 15.3 Å². The first-order valence-electron chi connectivity index (χ1n) is 10.1. The van der Waals surface area contributed by atoms with E-state index in [0.29, 0.717) is 5.57 Å². The molecule has 32 heavy (non-hydrogen) atoms. The lowest BCUT2D eigenvalue weighted by atomic mass is 10.0. The van der Waals surface area contributed by atoms with E-state index < -0.39 is 53.6 Å². The Bertz CT molecular complexity index is 747. The normalized spacial score (nSPS) is 13.8. The number of hydrogen-bond donors (Lipinski definition) is 4. The molecule has 0 aromatic rings. The Hall–Kier alpha value is -3.14. The lowest BCUT2D eigenvalue weighted by Gasteiger charge is -2.26. The Balaban J connectivity index is 5.65. The number of carbonyl (C=O) groups is 4. The molecular weight excluding hydrogens is 416 g/mol. The van der Waals surface area contributed by atoms with Crippen LogP contribution in [0.3, 0.4) is 0 Å². The summed E-state index contributed by atoms with van der Waals surface area (Å²) in [5.74, 6) is 2.95. The second-order valence-electron chi connectivity index (χ2n) is 8.94. The Morgan fingerprint density at radius 3 is 1.84 bits per heavy atom. The summed E-state index contributed by atoms with van der Waals surface area (Å²) in [7, 11) is 0. The van der Waals surface area contributed by atoms with Crippen LogP contribution < -0.4 is 21.9 Å². The molecule has 10 heteroatoms. The number of amides is 3. The van der Waals surface area contributed by atoms with Gasteiger partial charge >= 0.3 is 12.1 Å². The number of alkyl carbamates (subject to hydrolysis) is 1. The number of esters is 1. The maximum Gasteiger partial charge on any atom is 0.408 e. The van der Waals surface area contributed by atoms with Crippen molar-refractivity contribution in [2.45, 2.75) is 77.7 Å². The van der Waals surface area contributed by atoms with Crippen LogP contribution >= 0.6 is 0 Å². The molecule has 5 N–H and O–H groups in total. The highest BCUT2D eigenvalue weighted by molar-refractivity contribution is 5.93. The quantitative estimate of drug-likeness (QED) is 0.130. The topological polar surface area (TPSA) is 149 Å². The molecule has 0 aliphatic heterocycles. The third-order valence-corrected chi connectivity index (χ3v) is 3.61. The van der Waals surface area contributed by atoms with Gasteiger partial charge in [-0.1, -0.05) is 31.4 Å². The van der Waals surface area contributed by atoms with E-state index in [0.717, 1.165) is 0 Å². The van der Waals surface area contributed by atoms with Gasteiger partial charge in [0.2, 0.25) is 5.91 Å². The summed E-state index contributed by atoms with van der Waals surface area (Å²) < 4.78 is 10.4. The molecule has 1 unspecified atom stereocenters. The molecule has 0 fully saturated rings. The first-order chi connectivity index (χ1) is 14.6. The van der Waals surface area contributed by atoms with Crippen molar-refractivity contribution in [2.75, 3.05) is 0 Å². The van der Waals surface area contributed by atoms with E-state index >= 15 is 0 Å². The number of carbonyl (C=O) groups excluding carboxylic acids is 4. The highest BCUT2D eigenvalue weighted by Crippen LogP contribution is 2.13. The third kappa shape index (κ3) is 12.5. The SMILES string of the molecule is C=C/C=C(\C=C)C[C@@H](NC(=O)OC(C)(C)C)C(=O)NC(CC(=O)OC(C)(C)C)C(=O)NN. The minimum Gasteiger partial charge on any atom is -0.460 e. The summed E-state index contributed by atoms with van der Waals surface area (Å²) in [4.78, 5) is 49.5. The molecule has 0 radical (unpaired) electrons. The molecule has 0 bridgehead atoms. The molecule has 0 rings (SSSR count). The fraction of sp³-hybridized carbons (Fsp3) is 0.545. The van der Waals surface area contributed by atoms with E-state index in [1.807, 2.05) is 5.43 Å². The lowest BCUT2D eigenvalue weighted by molar-refractivity contribution is -0.156. The van der Waals surface area contributed by atoms with Crippen LogP contribution in [0, 0.1) is 0 Å². The van der Waals surface area contributed by atoms with Gasteiger partial charge < -0.3 is 20.1 Å². The second kappa shape index (κ2) is 12.7. The van der Waals surface area contributed by atoms with Gasteiger partial charge in [0.05, 0.1) is 6.42 Å². The number of rotatable bonds is 10. The van der Waals surface area contributed by atoms with Gasteiger partial charge in [0, 0.05) is 6.42 Å². The van der Waals surface area contributed by atoms with Crippen LogP contribution in [0.15, 0.2) is 37.0 Å². The molecule has 2 atom stereocenters. The summed E-state index contributed by atoms with van der Waals surface area (Å²) in [6.45, 7) is 17.3. The van der Waals surface area contributed by atoms with Crippen molar-refractivity contribution in [3.05, 3.63) is 37.0 Å². The Morgan fingerprint density at radius 2 is 1.41 bits per heavy atom. The second-order valence-corrected chi connectivity index (χ2v) is 8.94. The standard InChI is InChI=1S/C22H36N4O6/c1-9-11-14(10-2)12-15(25-20(30)32-22(6,7)8)18(28)24-16(19(29)26-23)13-17(27)31-21(3,4)5/h9-11,15-16H,1-2,12-13,23H2,3-8H3,(H,24,28)(H,25,30)(H,26,29)/b14-11+/t15-,16?/m1/s1. The van der Waals surface area contributed by atoms with E-state index in [1.54, 1.807) is 47.6 Å². The van der Waals surface area contributed by atoms with Crippen LogP contribution in [0.25, 0.3) is 0 Å². The Morgan fingerprint density at radius 1 is 0.875 bits per heavy atom. The maximum absolute atomic E-state index is 13.0. The smallest absolute Gasteiger partial charge is 0.408 e. The third-order valence-electron chi connectivity index (χ3n) is 3.61. The van der Waals surface area contributed by atoms with Crippen molar-refractivity contribution >= 4 is 23.9 Å². The van der Waals surface area contributed by atoms with Gasteiger partial charge in [-0.05, 0) is 47.1 Å². The lowest BCUT2D eigenvalue weighted by Crippen LogP contribution is -2.55. The fourth-order valence-corrected chi connectivity index (χ4v) is 2.40. The molecule has 0 saturated heterocycles. The number of hydrazine groups is 1. The molecule has 0 saturated carbocycles. The van der Waals surface area contributed by atoms with Crippen LogP contribution in [0.4, 0.5) is 4.79 Å². The van der Waals surface area contributed by atoms with Crippen molar-refractivity contribution in [3.8, 4) is 0 Å². The molecular formula is C22H36N4O6. The minimum atomic E-state index is -1.32. The van der Waals surface area contributed by atoms with Gasteiger partial charge in [-0.25, -0.2) is 10.6 Å². The summed E-state index contributed by atoms with van der Waals surface area (Å²) in [5, 5.41) is 4.91. The fourth-order valence-electron chi connectivity index (χ4n) is 2.40. The van der Waals surface area contributed by atoms with Crippen LogP contribution in [0.1, 0.15) is 54.4 Å². The van der Waals surface area contributed by atoms with Crippen LogP contribution in [0.5, 0.6) is 0 Å². The minimum absolute atomic E-state index is 0.0317. The maximum atomic E-state index is 13.0. The van der Waals surface area contributed by atoms with Gasteiger partial charge in [-0.15, -0.1) is 0 Å². The van der Waals surface area contributed by atoms with Crippen molar-refractivity contribution < 1.29 is 28.7 Å². The summed E-state index contributed by atoms with van der Waals surface area (Å²) >= 11 is 0. The first-order valence-corrected chi connectivity index (χ1v) is 10.1. The highest BCUT2D eigenvalue weighted by Gasteiger charge is 2.31. The van der Waals surface area contributed by atoms with Gasteiger partial charge in [-0.3, -0.25) is 19.8 Å². The van der Waals surface area contributed by atoms with Gasteiger partial charge in [0.15, 0.2) is 0 Å². The van der Waals surface area contributed by atoms with E-state index in [-0.39, 0.29) is 6.42 Å². The highest BCUT2D eigenvalue weighted by atomic mass is 16.6. The number of hydrogen-bond acceptors (Lipinski definition) is 7. The largest absolute Gasteiger partial charge is 0.460 e. The average molecular weight is 453 g/mol. The molecule has 0 aliphatic rings. The van der Waals surface area contributed by atoms with Crippen molar-refractivity contribution in [3.63, 3.8) is 0 Å². The molecule has 180 valence electrons. The summed E-state index contributed by atoms with van der Waals surface area (Å²) in [5.41, 5.74) is 0.940. The van der Waals surface area contributed by atoms with Gasteiger partial charge in [0.1, 0.15) is 23.3 Å². The molecule has 0 aliphatic carbocycles. The van der Waals surface area contributed by atoms with E-state index in [9.17, 15) is 19.2 Å². The Labute approximate surface area is 189 Å². The molecule has 0 spiro atoms. The zero-order valence-electron chi connectivity index (χ0n) is 19.7. The monoisotopic (exact) mass is 452 g/mol. The number of nitrogens with two attached hydrogens (primary N) is 1. The predicted octanol–water partition coefficient (Wildman–Crippen LogP) is 1.77. The van der Waals surface area contributed by atoms with Gasteiger partial charge in [-0.2, -0.15) is 0 Å². The van der Waals surface area contributed by atoms with Gasteiger partial charge in [0.25, 0.3) is 5.91 Å². The van der Waals surface area contributed by atoms with Crippen molar-refractivity contribution in [2.24, 2.45) is 5.84 Å². The van der Waals surface area contributed by atoms with Crippen LogP contribution in [-0.4, -0.2) is 47.2 Å². The molecule has 10 nitrogen and oxygen atoms in total. The number of nitrogens with one attached hydrogen (secondary N) is 3. The number of ether oxygens (including phenoxy) is 2. The number of allylic oxidation sites excluding steroid dienone is 3. The first kappa shape index (κ1) is 28.9. The molecule has 0 aromatic carbocycles. The molecule has 0 aromatic heterocycles. The molecule has 0 heterocycles. The van der Waals surface area contributed by atoms with Crippen LogP contribution in [-0.2, 0) is 23.9 Å². The Kier molecular flexibility index (Phi) is 11.4. The van der Waals surface area contributed by atoms with Crippen LogP contribution in [0.2, 0.25) is 0 Å². The zero-order valence-corrected chi connectivity index (χ0v) is 19.7. The zero-order chi connectivity index (χ0) is 25.1. The molecule has 3 amide bonds. The summed E-state index contributed by atoms with van der Waals surface area (Å²) in [6, 6.07) is -2.46. The van der Waals surface area contributed by atoms with E-state index in [1.165, 1.54) is 12.2 Å².